The van der Waals surface area contributed by atoms with E-state index in [0.29, 0.717) is 11.3 Å². The summed E-state index contributed by atoms with van der Waals surface area (Å²) in [6, 6.07) is 6.95. The number of para-hydroxylation sites is 1. The number of carbonyl (C=O) groups is 2. The first-order valence-electron chi connectivity index (χ1n) is 5.98. The van der Waals surface area contributed by atoms with Gasteiger partial charge >= 0.3 is 0 Å². The molecule has 1 unspecified atom stereocenters. The third-order valence-corrected chi connectivity index (χ3v) is 2.62. The monoisotopic (exact) mass is 249 g/mol. The molecule has 0 heterocycles. The van der Waals surface area contributed by atoms with E-state index >= 15 is 0 Å². The van der Waals surface area contributed by atoms with Crippen molar-refractivity contribution >= 4 is 17.5 Å². The Morgan fingerprint density at radius 1 is 1.33 bits per heavy atom. The van der Waals surface area contributed by atoms with Crippen LogP contribution < -0.4 is 16.4 Å². The van der Waals surface area contributed by atoms with Crippen molar-refractivity contribution in [2.45, 2.75) is 26.3 Å². The molecule has 5 nitrogen and oxygen atoms in total. The lowest BCUT2D eigenvalue weighted by Gasteiger charge is -2.14. The van der Waals surface area contributed by atoms with Gasteiger partial charge in [-0.3, -0.25) is 9.59 Å². The van der Waals surface area contributed by atoms with Crippen molar-refractivity contribution in [3.63, 3.8) is 0 Å². The Bertz CT molecular complexity index is 432. The van der Waals surface area contributed by atoms with E-state index in [1.165, 1.54) is 0 Å². The Kier molecular flexibility index (Phi) is 5.32. The largest absolute Gasteiger partial charge is 0.350 e. The van der Waals surface area contributed by atoms with Gasteiger partial charge in [0.05, 0.1) is 17.8 Å². The first kappa shape index (κ1) is 14.2. The van der Waals surface area contributed by atoms with Gasteiger partial charge in [0, 0.05) is 6.04 Å². The Morgan fingerprint density at radius 2 is 2.00 bits per heavy atom. The van der Waals surface area contributed by atoms with Gasteiger partial charge in [-0.05, 0) is 25.5 Å². The zero-order valence-electron chi connectivity index (χ0n) is 10.7. The molecule has 1 aromatic rings. The molecule has 0 spiro atoms. The van der Waals surface area contributed by atoms with Gasteiger partial charge in [0.25, 0.3) is 5.91 Å². The number of nitrogens with two attached hydrogens (primary N) is 1. The van der Waals surface area contributed by atoms with Crippen LogP contribution in [0.4, 0.5) is 5.69 Å². The number of amides is 2. The van der Waals surface area contributed by atoms with Crippen molar-refractivity contribution < 1.29 is 9.59 Å². The summed E-state index contributed by atoms with van der Waals surface area (Å²) >= 11 is 0. The van der Waals surface area contributed by atoms with Gasteiger partial charge in [-0.15, -0.1) is 0 Å². The lowest BCUT2D eigenvalue weighted by atomic mass is 10.1. The van der Waals surface area contributed by atoms with Gasteiger partial charge in [-0.2, -0.15) is 0 Å². The number of hydrogen-bond donors (Lipinski definition) is 3. The molecule has 0 fully saturated rings. The van der Waals surface area contributed by atoms with Gasteiger partial charge in [0.2, 0.25) is 5.91 Å². The maximum Gasteiger partial charge on any atom is 0.253 e. The van der Waals surface area contributed by atoms with E-state index in [1.807, 2.05) is 13.8 Å². The summed E-state index contributed by atoms with van der Waals surface area (Å²) in [6.07, 6.45) is 0.850. The number of nitrogens with one attached hydrogen (secondary N) is 2. The third-order valence-electron chi connectivity index (χ3n) is 2.62. The number of rotatable bonds is 5. The molecule has 2 amide bonds. The zero-order valence-corrected chi connectivity index (χ0v) is 10.7. The Labute approximate surface area is 107 Å². The van der Waals surface area contributed by atoms with Crippen LogP contribution in [-0.4, -0.2) is 24.4 Å². The second kappa shape index (κ2) is 6.76. The minimum absolute atomic E-state index is 0.0933. The van der Waals surface area contributed by atoms with Crippen molar-refractivity contribution in [1.82, 2.24) is 5.32 Å². The molecule has 1 rings (SSSR count). The van der Waals surface area contributed by atoms with E-state index in [-0.39, 0.29) is 24.4 Å². The second-order valence-electron chi connectivity index (χ2n) is 4.08. The SMILES string of the molecule is CCC(C)NC(=O)c1ccccc1NC(=O)CN. The number of carbonyl (C=O) groups excluding carboxylic acids is 2. The van der Waals surface area contributed by atoms with E-state index in [9.17, 15) is 9.59 Å². The molecule has 18 heavy (non-hydrogen) atoms. The van der Waals surface area contributed by atoms with Crippen LogP contribution in [0, 0.1) is 0 Å². The summed E-state index contributed by atoms with van der Waals surface area (Å²) in [5.41, 5.74) is 6.16. The number of anilines is 1. The highest BCUT2D eigenvalue weighted by atomic mass is 16.2. The second-order valence-corrected chi connectivity index (χ2v) is 4.08. The predicted molar refractivity (Wildman–Crippen MR) is 71.3 cm³/mol. The average molecular weight is 249 g/mol. The van der Waals surface area contributed by atoms with E-state index < -0.39 is 0 Å². The van der Waals surface area contributed by atoms with Crippen LogP contribution in [0.5, 0.6) is 0 Å². The van der Waals surface area contributed by atoms with Crippen LogP contribution >= 0.6 is 0 Å². The smallest absolute Gasteiger partial charge is 0.253 e. The summed E-state index contributed by atoms with van der Waals surface area (Å²) in [7, 11) is 0. The molecule has 0 aromatic heterocycles. The fourth-order valence-corrected chi connectivity index (χ4v) is 1.39. The molecule has 0 saturated heterocycles. The molecule has 0 aliphatic heterocycles. The molecule has 4 N–H and O–H groups in total. The lowest BCUT2D eigenvalue weighted by Crippen LogP contribution is -2.33. The summed E-state index contributed by atoms with van der Waals surface area (Å²) in [4.78, 5) is 23.3. The summed E-state index contributed by atoms with van der Waals surface area (Å²) in [5, 5.41) is 5.46. The number of hydrogen-bond acceptors (Lipinski definition) is 3. The highest BCUT2D eigenvalue weighted by molar-refractivity contribution is 6.04. The van der Waals surface area contributed by atoms with Gasteiger partial charge < -0.3 is 16.4 Å². The number of benzene rings is 1. The minimum atomic E-state index is -0.321. The zero-order chi connectivity index (χ0) is 13.5. The molecule has 0 bridgehead atoms. The van der Waals surface area contributed by atoms with Crippen molar-refractivity contribution in [2.75, 3.05) is 11.9 Å². The molecular weight excluding hydrogens is 230 g/mol. The van der Waals surface area contributed by atoms with E-state index in [4.69, 9.17) is 5.73 Å². The molecule has 0 saturated carbocycles. The first-order valence-corrected chi connectivity index (χ1v) is 5.98. The van der Waals surface area contributed by atoms with Crippen LogP contribution in [0.1, 0.15) is 30.6 Å². The molecule has 0 aliphatic carbocycles. The van der Waals surface area contributed by atoms with E-state index in [2.05, 4.69) is 10.6 Å². The van der Waals surface area contributed by atoms with Crippen molar-refractivity contribution in [3.8, 4) is 0 Å². The summed E-state index contributed by atoms with van der Waals surface area (Å²) < 4.78 is 0. The van der Waals surface area contributed by atoms with Crippen molar-refractivity contribution in [1.29, 1.82) is 0 Å². The highest BCUT2D eigenvalue weighted by Crippen LogP contribution is 2.15. The predicted octanol–water partition coefficient (Wildman–Crippen LogP) is 1.11. The van der Waals surface area contributed by atoms with E-state index in [0.717, 1.165) is 6.42 Å². The summed E-state index contributed by atoms with van der Waals surface area (Å²) in [5.74, 6) is -0.518. The van der Waals surface area contributed by atoms with Crippen molar-refractivity contribution in [3.05, 3.63) is 29.8 Å². The summed E-state index contributed by atoms with van der Waals surface area (Å²) in [6.45, 7) is 3.81. The Morgan fingerprint density at radius 3 is 2.61 bits per heavy atom. The first-order chi connectivity index (χ1) is 8.58. The molecule has 0 radical (unpaired) electrons. The maximum atomic E-state index is 12.0. The van der Waals surface area contributed by atoms with Crippen LogP contribution in [0.2, 0.25) is 0 Å². The molecule has 1 atom stereocenters. The molecular formula is C13H19N3O2. The minimum Gasteiger partial charge on any atom is -0.350 e. The van der Waals surface area contributed by atoms with Crippen molar-refractivity contribution in [2.24, 2.45) is 5.73 Å². The van der Waals surface area contributed by atoms with Gasteiger partial charge in [-0.1, -0.05) is 19.1 Å². The Hall–Kier alpha value is -1.88. The fourth-order valence-electron chi connectivity index (χ4n) is 1.39. The van der Waals surface area contributed by atoms with Crippen LogP contribution in [-0.2, 0) is 4.79 Å². The Balaban J connectivity index is 2.87. The maximum absolute atomic E-state index is 12.0. The van der Waals surface area contributed by atoms with E-state index in [1.54, 1.807) is 24.3 Å². The quantitative estimate of drug-likeness (QED) is 0.731. The van der Waals surface area contributed by atoms with Crippen LogP contribution in [0.3, 0.4) is 0 Å². The highest BCUT2D eigenvalue weighted by Gasteiger charge is 2.13. The molecule has 98 valence electrons. The normalized spacial score (nSPS) is 11.7. The standard InChI is InChI=1S/C13H19N3O2/c1-3-9(2)15-13(18)10-6-4-5-7-11(10)16-12(17)8-14/h4-7,9H,3,8,14H2,1-2H3,(H,15,18)(H,16,17). The van der Waals surface area contributed by atoms with Gasteiger partial charge in [0.1, 0.15) is 0 Å². The van der Waals surface area contributed by atoms with Gasteiger partial charge in [-0.25, -0.2) is 0 Å². The molecule has 1 aromatic carbocycles. The van der Waals surface area contributed by atoms with Gasteiger partial charge in [0.15, 0.2) is 0 Å². The lowest BCUT2D eigenvalue weighted by molar-refractivity contribution is -0.114. The van der Waals surface area contributed by atoms with Crippen LogP contribution in [0.15, 0.2) is 24.3 Å². The third kappa shape index (κ3) is 3.85. The fraction of sp³-hybridized carbons (Fsp3) is 0.385. The average Bonchev–Trinajstić information content (AvgIpc) is 2.38. The molecule has 0 aliphatic rings. The van der Waals surface area contributed by atoms with Crippen LogP contribution in [0.25, 0.3) is 0 Å². The molecule has 5 heteroatoms. The topological polar surface area (TPSA) is 84.2 Å².